The highest BCUT2D eigenvalue weighted by atomic mass is 16.5. The molecule has 1 aliphatic heterocycles. The first-order chi connectivity index (χ1) is 12.3. The van der Waals surface area contributed by atoms with Crippen molar-refractivity contribution in [2.24, 2.45) is 5.92 Å². The van der Waals surface area contributed by atoms with Gasteiger partial charge in [0.25, 0.3) is 0 Å². The van der Waals surface area contributed by atoms with Gasteiger partial charge in [-0.05, 0) is 30.5 Å². The Hall–Kier alpha value is -2.77. The molecule has 1 fully saturated rings. The summed E-state index contributed by atoms with van der Waals surface area (Å²) >= 11 is 0. The van der Waals surface area contributed by atoms with E-state index >= 15 is 0 Å². The molecule has 142 valence electrons. The minimum absolute atomic E-state index is 0.0782. The number of aliphatic carboxylic acids is 1. The molecule has 3 amide bonds. The second-order valence-corrected chi connectivity index (χ2v) is 6.49. The van der Waals surface area contributed by atoms with Crippen molar-refractivity contribution >= 4 is 17.9 Å². The number of methoxy groups -OCH3 is 1. The summed E-state index contributed by atoms with van der Waals surface area (Å²) in [6.45, 7) is 0.963. The van der Waals surface area contributed by atoms with Crippen molar-refractivity contribution in [2.75, 3.05) is 34.3 Å². The molecule has 2 rings (SSSR count). The first kappa shape index (κ1) is 19.6. The predicted molar refractivity (Wildman–Crippen MR) is 94.9 cm³/mol. The molecule has 0 aliphatic carbocycles. The highest BCUT2D eigenvalue weighted by Crippen LogP contribution is 2.22. The average molecular weight is 363 g/mol. The van der Waals surface area contributed by atoms with Crippen LogP contribution in [0.4, 0.5) is 4.79 Å². The smallest absolute Gasteiger partial charge is 0.330 e. The number of carboxylic acid groups (broad SMARTS) is 1. The first-order valence-electron chi connectivity index (χ1n) is 8.47. The molecule has 1 atom stereocenters. The zero-order valence-corrected chi connectivity index (χ0v) is 15.3. The van der Waals surface area contributed by atoms with Crippen LogP contribution in [0.1, 0.15) is 24.4 Å². The van der Waals surface area contributed by atoms with Gasteiger partial charge in [-0.3, -0.25) is 4.79 Å². The molecule has 0 aromatic heterocycles. The van der Waals surface area contributed by atoms with Gasteiger partial charge < -0.3 is 25.0 Å². The number of carbonyl (C=O) groups is 3. The van der Waals surface area contributed by atoms with E-state index in [0.717, 1.165) is 0 Å². The van der Waals surface area contributed by atoms with Gasteiger partial charge in [0.05, 0.1) is 7.11 Å². The van der Waals surface area contributed by atoms with Crippen molar-refractivity contribution in [3.8, 4) is 5.75 Å². The highest BCUT2D eigenvalue weighted by molar-refractivity contribution is 5.86. The van der Waals surface area contributed by atoms with Crippen molar-refractivity contribution in [2.45, 2.75) is 18.9 Å². The van der Waals surface area contributed by atoms with Crippen molar-refractivity contribution in [3.05, 3.63) is 29.8 Å². The number of nitrogens with one attached hydrogen (secondary N) is 1. The number of hydrogen-bond donors (Lipinski definition) is 2. The van der Waals surface area contributed by atoms with Gasteiger partial charge in [-0.2, -0.15) is 0 Å². The summed E-state index contributed by atoms with van der Waals surface area (Å²) in [4.78, 5) is 39.2. The largest absolute Gasteiger partial charge is 0.497 e. The second kappa shape index (κ2) is 8.55. The van der Waals surface area contributed by atoms with Crippen molar-refractivity contribution in [1.82, 2.24) is 15.1 Å². The average Bonchev–Trinajstić information content (AvgIpc) is 2.65. The summed E-state index contributed by atoms with van der Waals surface area (Å²) in [6, 6.07) is 5.36. The van der Waals surface area contributed by atoms with Gasteiger partial charge >= 0.3 is 12.0 Å². The summed E-state index contributed by atoms with van der Waals surface area (Å²) in [5.74, 6) is -1.11. The van der Waals surface area contributed by atoms with Crippen molar-refractivity contribution in [3.63, 3.8) is 0 Å². The van der Waals surface area contributed by atoms with Gasteiger partial charge in [-0.15, -0.1) is 0 Å². The Bertz CT molecular complexity index is 651. The summed E-state index contributed by atoms with van der Waals surface area (Å²) in [5, 5.41) is 12.1. The van der Waals surface area contributed by atoms with Gasteiger partial charge in [0.2, 0.25) is 5.91 Å². The quantitative estimate of drug-likeness (QED) is 0.822. The molecule has 0 spiro atoms. The zero-order chi connectivity index (χ0) is 19.3. The number of carboxylic acids is 1. The maximum Gasteiger partial charge on any atom is 0.330 e. The normalized spacial score (nSPS) is 15.9. The lowest BCUT2D eigenvalue weighted by atomic mass is 9.95. The van der Waals surface area contributed by atoms with Crippen LogP contribution >= 0.6 is 0 Å². The number of likely N-dealkylation sites (tertiary alicyclic amines) is 1. The molecule has 0 radical (unpaired) electrons. The molecule has 1 aliphatic rings. The minimum atomic E-state index is -1.12. The van der Waals surface area contributed by atoms with E-state index in [2.05, 4.69) is 5.32 Å². The van der Waals surface area contributed by atoms with Crippen LogP contribution in [0.5, 0.6) is 5.75 Å². The van der Waals surface area contributed by atoms with Crippen LogP contribution in [0, 0.1) is 5.92 Å². The van der Waals surface area contributed by atoms with E-state index < -0.39 is 12.0 Å². The van der Waals surface area contributed by atoms with Crippen LogP contribution in [0.25, 0.3) is 0 Å². The monoisotopic (exact) mass is 363 g/mol. The Labute approximate surface area is 152 Å². The van der Waals surface area contributed by atoms with Crippen LogP contribution in [-0.2, 0) is 9.59 Å². The topological polar surface area (TPSA) is 99.2 Å². The van der Waals surface area contributed by atoms with Crippen LogP contribution in [0.2, 0.25) is 0 Å². The number of amides is 3. The maximum atomic E-state index is 12.5. The standard InChI is InChI=1S/C18H25N3O5/c1-20(2)18(25)21-10-8-13(9-11-21)16(22)19-15(17(23)24)12-4-6-14(26-3)7-5-12/h4-7,13,15H,8-11H2,1-3H3,(H,19,22)(H,23,24). The Kier molecular flexibility index (Phi) is 6.43. The Morgan fingerprint density at radius 2 is 1.77 bits per heavy atom. The van der Waals surface area contributed by atoms with Gasteiger partial charge in [-0.25, -0.2) is 9.59 Å². The molecule has 0 saturated carbocycles. The van der Waals surface area contributed by atoms with Crippen molar-refractivity contribution in [1.29, 1.82) is 0 Å². The molecule has 0 bridgehead atoms. The van der Waals surface area contributed by atoms with Gasteiger partial charge in [0, 0.05) is 33.1 Å². The number of nitrogens with zero attached hydrogens (tertiary/aromatic N) is 2. The summed E-state index contributed by atoms with van der Waals surface area (Å²) in [7, 11) is 4.90. The molecule has 1 heterocycles. The van der Waals surface area contributed by atoms with E-state index in [1.165, 1.54) is 12.0 Å². The van der Waals surface area contributed by atoms with Gasteiger partial charge in [0.15, 0.2) is 6.04 Å². The molecule has 1 unspecified atom stereocenters. The Morgan fingerprint density at radius 3 is 2.23 bits per heavy atom. The van der Waals surface area contributed by atoms with Gasteiger partial charge in [0.1, 0.15) is 5.75 Å². The van der Waals surface area contributed by atoms with E-state index in [9.17, 15) is 19.5 Å². The molecule has 8 heteroatoms. The molecule has 1 aromatic rings. The summed E-state index contributed by atoms with van der Waals surface area (Å²) in [5.41, 5.74) is 0.479. The number of piperidine rings is 1. The number of hydrogen-bond acceptors (Lipinski definition) is 4. The molecule has 2 N–H and O–H groups in total. The third kappa shape index (κ3) is 4.65. The fraction of sp³-hybridized carbons (Fsp3) is 0.500. The highest BCUT2D eigenvalue weighted by Gasteiger charge is 2.31. The fourth-order valence-electron chi connectivity index (χ4n) is 2.96. The number of benzene rings is 1. The second-order valence-electron chi connectivity index (χ2n) is 6.49. The Balaban J connectivity index is 1.98. The third-order valence-corrected chi connectivity index (χ3v) is 4.50. The summed E-state index contributed by atoms with van der Waals surface area (Å²) < 4.78 is 5.06. The number of carbonyl (C=O) groups excluding carboxylic acids is 2. The predicted octanol–water partition coefficient (Wildman–Crippen LogP) is 1.33. The molecule has 26 heavy (non-hydrogen) atoms. The van der Waals surface area contributed by atoms with E-state index in [4.69, 9.17) is 4.74 Å². The van der Waals surface area contributed by atoms with Crippen LogP contribution in [-0.4, -0.2) is 67.1 Å². The maximum absolute atomic E-state index is 12.5. The van der Waals surface area contributed by atoms with E-state index in [0.29, 0.717) is 37.2 Å². The van der Waals surface area contributed by atoms with Crippen molar-refractivity contribution < 1.29 is 24.2 Å². The Morgan fingerprint density at radius 1 is 1.19 bits per heavy atom. The third-order valence-electron chi connectivity index (χ3n) is 4.50. The van der Waals surface area contributed by atoms with Gasteiger partial charge in [-0.1, -0.05) is 12.1 Å². The van der Waals surface area contributed by atoms with Crippen LogP contribution in [0.3, 0.4) is 0 Å². The molecular weight excluding hydrogens is 338 g/mol. The fourth-order valence-corrected chi connectivity index (χ4v) is 2.96. The number of rotatable bonds is 5. The SMILES string of the molecule is COc1ccc(C(NC(=O)C2CCN(C(=O)N(C)C)CC2)C(=O)O)cc1. The zero-order valence-electron chi connectivity index (χ0n) is 15.3. The van der Waals surface area contributed by atoms with Crippen LogP contribution in [0.15, 0.2) is 24.3 Å². The van der Waals surface area contributed by atoms with Crippen LogP contribution < -0.4 is 10.1 Å². The van der Waals surface area contributed by atoms with E-state index in [-0.39, 0.29) is 17.9 Å². The lowest BCUT2D eigenvalue weighted by Gasteiger charge is -2.33. The van der Waals surface area contributed by atoms with E-state index in [1.54, 1.807) is 43.3 Å². The first-order valence-corrected chi connectivity index (χ1v) is 8.47. The minimum Gasteiger partial charge on any atom is -0.497 e. The molecule has 8 nitrogen and oxygen atoms in total. The molecular formula is C18H25N3O5. The lowest BCUT2D eigenvalue weighted by Crippen LogP contribution is -2.47. The summed E-state index contributed by atoms with van der Waals surface area (Å²) in [6.07, 6.45) is 1.03. The lowest BCUT2D eigenvalue weighted by molar-refractivity contribution is -0.143. The molecule has 1 aromatic carbocycles. The van der Waals surface area contributed by atoms with E-state index in [1.807, 2.05) is 0 Å². The molecule has 1 saturated heterocycles. The number of ether oxygens (including phenoxy) is 1. The number of urea groups is 1.